The lowest BCUT2D eigenvalue weighted by molar-refractivity contribution is -0.0993. The van der Waals surface area contributed by atoms with Crippen molar-refractivity contribution in [2.24, 2.45) is 0 Å². The lowest BCUT2D eigenvalue weighted by Crippen LogP contribution is -2.18. The molecule has 0 bridgehead atoms. The molecule has 0 saturated carbocycles. The Balaban J connectivity index is 2.80. The minimum atomic E-state index is -0.879. The van der Waals surface area contributed by atoms with Crippen molar-refractivity contribution in [3.8, 4) is 0 Å². The van der Waals surface area contributed by atoms with E-state index in [-0.39, 0.29) is 12.0 Å². The molecule has 1 rings (SSSR count). The molecule has 88 valence electrons. The molecule has 0 unspecified atom stereocenters. The van der Waals surface area contributed by atoms with E-state index in [1.165, 1.54) is 14.2 Å². The van der Waals surface area contributed by atoms with E-state index >= 15 is 0 Å². The van der Waals surface area contributed by atoms with Crippen LogP contribution in [0.15, 0.2) is 18.2 Å². The molecule has 0 saturated heterocycles. The van der Waals surface area contributed by atoms with Crippen molar-refractivity contribution in [1.82, 2.24) is 0 Å². The topological polar surface area (TPSA) is 35.5 Å². The smallest absolute Gasteiger partial charge is 0.170 e. The monoisotopic (exact) mass is 230 g/mol. The molecule has 5 heteroatoms. The highest BCUT2D eigenvalue weighted by atomic mass is 19.1. The normalized spacial score (nSPS) is 10.8. The van der Waals surface area contributed by atoms with Crippen LogP contribution in [-0.4, -0.2) is 26.3 Å². The van der Waals surface area contributed by atoms with E-state index < -0.39 is 23.7 Å². The molecule has 0 aliphatic rings. The molecule has 0 aliphatic heterocycles. The lowest BCUT2D eigenvalue weighted by atomic mass is 10.1. The van der Waals surface area contributed by atoms with Crippen LogP contribution in [0.25, 0.3) is 0 Å². The first kappa shape index (κ1) is 12.7. The zero-order valence-corrected chi connectivity index (χ0v) is 9.00. The third-order valence-electron chi connectivity index (χ3n) is 2.11. The molecule has 1 aromatic carbocycles. The molecule has 3 nitrogen and oxygen atoms in total. The van der Waals surface area contributed by atoms with E-state index in [0.29, 0.717) is 6.07 Å². The molecule has 0 aromatic heterocycles. The molecule has 0 heterocycles. The standard InChI is InChI=1S/C11H12F2O3/c1-15-11(16-2)6-10(14)8-4-3-7(12)5-9(8)13/h3-5,11H,6H2,1-2H3. The van der Waals surface area contributed by atoms with Crippen molar-refractivity contribution < 1.29 is 23.0 Å². The fourth-order valence-electron chi connectivity index (χ4n) is 1.24. The van der Waals surface area contributed by atoms with Crippen molar-refractivity contribution in [3.63, 3.8) is 0 Å². The number of carbonyl (C=O) groups is 1. The molecule has 0 amide bonds. The average molecular weight is 230 g/mol. The van der Waals surface area contributed by atoms with Gasteiger partial charge in [0.05, 0.1) is 12.0 Å². The summed E-state index contributed by atoms with van der Waals surface area (Å²) in [7, 11) is 2.75. The number of halogens is 2. The van der Waals surface area contributed by atoms with E-state index in [1.54, 1.807) is 0 Å². The van der Waals surface area contributed by atoms with Gasteiger partial charge in [-0.3, -0.25) is 4.79 Å². The van der Waals surface area contributed by atoms with Gasteiger partial charge in [-0.1, -0.05) is 0 Å². The Morgan fingerprint density at radius 1 is 1.31 bits per heavy atom. The number of ether oxygens (including phenoxy) is 2. The van der Waals surface area contributed by atoms with Gasteiger partial charge in [-0.2, -0.15) is 0 Å². The maximum absolute atomic E-state index is 13.2. The van der Waals surface area contributed by atoms with Gasteiger partial charge >= 0.3 is 0 Å². The van der Waals surface area contributed by atoms with Gasteiger partial charge in [0.25, 0.3) is 0 Å². The van der Waals surface area contributed by atoms with Crippen LogP contribution in [0, 0.1) is 11.6 Å². The van der Waals surface area contributed by atoms with Crippen LogP contribution >= 0.6 is 0 Å². The second kappa shape index (κ2) is 5.67. The van der Waals surface area contributed by atoms with E-state index in [2.05, 4.69) is 0 Å². The van der Waals surface area contributed by atoms with Crippen molar-refractivity contribution in [2.75, 3.05) is 14.2 Å². The number of ketones is 1. The van der Waals surface area contributed by atoms with Gasteiger partial charge in [-0.25, -0.2) is 8.78 Å². The minimum absolute atomic E-state index is 0.116. The van der Waals surface area contributed by atoms with Gasteiger partial charge in [0.2, 0.25) is 0 Å². The van der Waals surface area contributed by atoms with E-state index in [4.69, 9.17) is 9.47 Å². The van der Waals surface area contributed by atoms with Gasteiger partial charge in [0.15, 0.2) is 12.1 Å². The molecular weight excluding hydrogens is 218 g/mol. The lowest BCUT2D eigenvalue weighted by Gasteiger charge is -2.12. The highest BCUT2D eigenvalue weighted by Crippen LogP contribution is 2.13. The number of methoxy groups -OCH3 is 2. The third kappa shape index (κ3) is 3.08. The van der Waals surface area contributed by atoms with Crippen LogP contribution in [0.2, 0.25) is 0 Å². The van der Waals surface area contributed by atoms with Crippen LogP contribution in [0.5, 0.6) is 0 Å². The summed E-state index contributed by atoms with van der Waals surface area (Å²) in [5.41, 5.74) is -0.166. The first-order valence-corrected chi connectivity index (χ1v) is 4.62. The number of rotatable bonds is 5. The quantitative estimate of drug-likeness (QED) is 0.574. The highest BCUT2D eigenvalue weighted by molar-refractivity contribution is 5.96. The van der Waals surface area contributed by atoms with Crippen LogP contribution in [0.3, 0.4) is 0 Å². The Bertz CT molecular complexity index is 375. The van der Waals surface area contributed by atoms with Crippen molar-refractivity contribution in [2.45, 2.75) is 12.7 Å². The zero-order chi connectivity index (χ0) is 12.1. The van der Waals surface area contributed by atoms with Crippen LogP contribution in [0.4, 0.5) is 8.78 Å². The predicted molar refractivity (Wildman–Crippen MR) is 53.1 cm³/mol. The summed E-state index contributed by atoms with van der Waals surface area (Å²) >= 11 is 0. The second-order valence-corrected chi connectivity index (χ2v) is 3.15. The van der Waals surface area contributed by atoms with E-state index in [1.807, 2.05) is 0 Å². The van der Waals surface area contributed by atoms with Gasteiger partial charge in [-0.15, -0.1) is 0 Å². The largest absolute Gasteiger partial charge is 0.355 e. The van der Waals surface area contributed by atoms with Crippen molar-refractivity contribution >= 4 is 5.78 Å². The number of carbonyl (C=O) groups excluding carboxylic acids is 1. The van der Waals surface area contributed by atoms with E-state index in [0.717, 1.165) is 12.1 Å². The Kier molecular flexibility index (Phi) is 4.52. The molecule has 0 N–H and O–H groups in total. The molecule has 0 fully saturated rings. The summed E-state index contributed by atoms with van der Waals surface area (Å²) in [4.78, 5) is 11.6. The summed E-state index contributed by atoms with van der Waals surface area (Å²) in [6.07, 6.45) is -0.841. The molecule has 0 spiro atoms. The number of Topliss-reactive ketones (excluding diaryl/α,β-unsaturated/α-hetero) is 1. The summed E-state index contributed by atoms with van der Waals surface area (Å²) in [5.74, 6) is -2.09. The van der Waals surface area contributed by atoms with Gasteiger partial charge < -0.3 is 9.47 Å². The van der Waals surface area contributed by atoms with Gasteiger partial charge in [0, 0.05) is 20.3 Å². The zero-order valence-electron chi connectivity index (χ0n) is 9.00. The Hall–Kier alpha value is -1.33. The minimum Gasteiger partial charge on any atom is -0.355 e. The SMILES string of the molecule is COC(CC(=O)c1ccc(F)cc1F)OC. The Labute approximate surface area is 92.0 Å². The Morgan fingerprint density at radius 3 is 2.44 bits per heavy atom. The van der Waals surface area contributed by atoms with Gasteiger partial charge in [0.1, 0.15) is 11.6 Å². The third-order valence-corrected chi connectivity index (χ3v) is 2.11. The van der Waals surface area contributed by atoms with Crippen molar-refractivity contribution in [3.05, 3.63) is 35.4 Å². The predicted octanol–water partition coefficient (Wildman–Crippen LogP) is 2.16. The van der Waals surface area contributed by atoms with Crippen molar-refractivity contribution in [1.29, 1.82) is 0 Å². The highest BCUT2D eigenvalue weighted by Gasteiger charge is 2.17. The summed E-state index contributed by atoms with van der Waals surface area (Å²) < 4.78 is 35.5. The van der Waals surface area contributed by atoms with Crippen LogP contribution in [-0.2, 0) is 9.47 Å². The number of hydrogen-bond acceptors (Lipinski definition) is 3. The summed E-state index contributed by atoms with van der Waals surface area (Å²) in [5, 5.41) is 0. The molecular formula is C11H12F2O3. The average Bonchev–Trinajstić information content (AvgIpc) is 2.25. The molecule has 0 atom stereocenters. The fourth-order valence-corrected chi connectivity index (χ4v) is 1.24. The Morgan fingerprint density at radius 2 is 1.94 bits per heavy atom. The molecule has 0 aliphatic carbocycles. The first-order chi connectivity index (χ1) is 7.58. The molecule has 16 heavy (non-hydrogen) atoms. The maximum Gasteiger partial charge on any atom is 0.170 e. The van der Waals surface area contributed by atoms with Crippen LogP contribution in [0.1, 0.15) is 16.8 Å². The number of benzene rings is 1. The van der Waals surface area contributed by atoms with Crippen LogP contribution < -0.4 is 0 Å². The van der Waals surface area contributed by atoms with Gasteiger partial charge in [-0.05, 0) is 12.1 Å². The number of hydrogen-bond donors (Lipinski definition) is 0. The first-order valence-electron chi connectivity index (χ1n) is 4.62. The summed E-state index contributed by atoms with van der Waals surface area (Å²) in [6.45, 7) is 0. The molecule has 0 radical (unpaired) electrons. The molecule has 1 aromatic rings. The second-order valence-electron chi connectivity index (χ2n) is 3.15. The fraction of sp³-hybridized carbons (Fsp3) is 0.364. The summed E-state index contributed by atoms with van der Waals surface area (Å²) in [6, 6.07) is 2.81. The maximum atomic E-state index is 13.2. The van der Waals surface area contributed by atoms with E-state index in [9.17, 15) is 13.6 Å².